The van der Waals surface area contributed by atoms with Crippen molar-refractivity contribution in [2.75, 3.05) is 0 Å². The molecule has 0 N–H and O–H groups in total. The summed E-state index contributed by atoms with van der Waals surface area (Å²) in [5.74, 6) is 0. The smallest absolute Gasteiger partial charge is 0.102 e. The predicted octanol–water partition coefficient (Wildman–Crippen LogP) is 5.02. The normalized spacial score (nSPS) is 18.9. The fourth-order valence-corrected chi connectivity index (χ4v) is 2.80. The molecule has 0 saturated heterocycles. The SMILES string of the molecule is CCCC1=COC(Cc2ccc(C)c(C)c2C)CC1. The van der Waals surface area contributed by atoms with Crippen LogP contribution in [0.3, 0.4) is 0 Å². The molecule has 0 saturated carbocycles. The van der Waals surface area contributed by atoms with E-state index in [2.05, 4.69) is 39.8 Å². The predicted molar refractivity (Wildman–Crippen MR) is 81.5 cm³/mol. The molecule has 1 aromatic carbocycles. The van der Waals surface area contributed by atoms with Crippen LogP contribution >= 0.6 is 0 Å². The molecule has 1 unspecified atom stereocenters. The topological polar surface area (TPSA) is 9.23 Å². The molecule has 1 heterocycles. The van der Waals surface area contributed by atoms with E-state index in [1.165, 1.54) is 47.1 Å². The van der Waals surface area contributed by atoms with Gasteiger partial charge in [0.25, 0.3) is 0 Å². The molecule has 1 atom stereocenters. The van der Waals surface area contributed by atoms with Gasteiger partial charge in [-0.2, -0.15) is 0 Å². The van der Waals surface area contributed by atoms with E-state index < -0.39 is 0 Å². The summed E-state index contributed by atoms with van der Waals surface area (Å²) in [4.78, 5) is 0. The number of hydrogen-bond acceptors (Lipinski definition) is 1. The van der Waals surface area contributed by atoms with Crippen LogP contribution in [0.5, 0.6) is 0 Å². The van der Waals surface area contributed by atoms with Crippen LogP contribution < -0.4 is 0 Å². The molecule has 1 heteroatoms. The fourth-order valence-electron chi connectivity index (χ4n) is 2.80. The van der Waals surface area contributed by atoms with Gasteiger partial charge in [0.2, 0.25) is 0 Å². The standard InChI is InChI=1S/C18H26O/c1-5-6-16-8-10-18(19-12-16)11-17-9-7-13(2)14(3)15(17)4/h7,9,12,18H,5-6,8,10-11H2,1-4H3. The molecule has 0 aromatic heterocycles. The number of hydrogen-bond donors (Lipinski definition) is 0. The highest BCUT2D eigenvalue weighted by Crippen LogP contribution is 2.25. The molecular formula is C18H26O. The molecule has 1 nitrogen and oxygen atoms in total. The Morgan fingerprint density at radius 2 is 1.95 bits per heavy atom. The second kappa shape index (κ2) is 6.27. The third-order valence-corrected chi connectivity index (χ3v) is 4.40. The van der Waals surface area contributed by atoms with Gasteiger partial charge in [0.15, 0.2) is 0 Å². The van der Waals surface area contributed by atoms with Crippen LogP contribution in [0.2, 0.25) is 0 Å². The van der Waals surface area contributed by atoms with E-state index in [9.17, 15) is 0 Å². The third kappa shape index (κ3) is 3.40. The Kier molecular flexibility index (Phi) is 4.68. The Hall–Kier alpha value is -1.24. The summed E-state index contributed by atoms with van der Waals surface area (Å²) in [6.07, 6.45) is 8.21. The third-order valence-electron chi connectivity index (χ3n) is 4.40. The minimum Gasteiger partial charge on any atom is -0.498 e. The maximum atomic E-state index is 5.91. The maximum Gasteiger partial charge on any atom is 0.102 e. The summed E-state index contributed by atoms with van der Waals surface area (Å²) >= 11 is 0. The summed E-state index contributed by atoms with van der Waals surface area (Å²) in [7, 11) is 0. The van der Waals surface area contributed by atoms with Crippen LogP contribution in [-0.4, -0.2) is 6.10 Å². The monoisotopic (exact) mass is 258 g/mol. The molecule has 1 aliphatic rings. The minimum atomic E-state index is 0.362. The highest BCUT2D eigenvalue weighted by molar-refractivity contribution is 5.39. The molecule has 0 spiro atoms. The van der Waals surface area contributed by atoms with Crippen LogP contribution in [-0.2, 0) is 11.2 Å². The Morgan fingerprint density at radius 1 is 1.16 bits per heavy atom. The molecule has 0 fully saturated rings. The largest absolute Gasteiger partial charge is 0.498 e. The van der Waals surface area contributed by atoms with Gasteiger partial charge in [0.1, 0.15) is 6.10 Å². The molecule has 0 amide bonds. The van der Waals surface area contributed by atoms with Gasteiger partial charge in [0, 0.05) is 6.42 Å². The lowest BCUT2D eigenvalue weighted by Gasteiger charge is -2.24. The van der Waals surface area contributed by atoms with Crippen molar-refractivity contribution in [1.82, 2.24) is 0 Å². The van der Waals surface area contributed by atoms with Gasteiger partial charge in [0.05, 0.1) is 6.26 Å². The van der Waals surface area contributed by atoms with Gasteiger partial charge in [-0.15, -0.1) is 0 Å². The van der Waals surface area contributed by atoms with E-state index in [-0.39, 0.29) is 0 Å². The van der Waals surface area contributed by atoms with Crippen molar-refractivity contribution in [1.29, 1.82) is 0 Å². The zero-order valence-corrected chi connectivity index (χ0v) is 12.8. The van der Waals surface area contributed by atoms with Gasteiger partial charge in [-0.3, -0.25) is 0 Å². The molecule has 0 radical (unpaired) electrons. The molecule has 2 rings (SSSR count). The van der Waals surface area contributed by atoms with E-state index in [0.717, 1.165) is 12.8 Å². The first kappa shape index (κ1) is 14.2. The lowest BCUT2D eigenvalue weighted by molar-refractivity contribution is 0.118. The minimum absolute atomic E-state index is 0.362. The first-order chi connectivity index (χ1) is 9.11. The van der Waals surface area contributed by atoms with Crippen molar-refractivity contribution in [3.05, 3.63) is 46.2 Å². The van der Waals surface area contributed by atoms with Gasteiger partial charge >= 0.3 is 0 Å². The van der Waals surface area contributed by atoms with Crippen molar-refractivity contribution in [3.8, 4) is 0 Å². The zero-order chi connectivity index (χ0) is 13.8. The summed E-state index contributed by atoms with van der Waals surface area (Å²) in [6, 6.07) is 4.51. The number of allylic oxidation sites excluding steroid dienone is 1. The highest BCUT2D eigenvalue weighted by atomic mass is 16.5. The van der Waals surface area contributed by atoms with Gasteiger partial charge < -0.3 is 4.74 Å². The zero-order valence-electron chi connectivity index (χ0n) is 12.8. The molecule has 1 aliphatic heterocycles. The quantitative estimate of drug-likeness (QED) is 0.737. The fraction of sp³-hybridized carbons (Fsp3) is 0.556. The van der Waals surface area contributed by atoms with E-state index in [0.29, 0.717) is 6.10 Å². The van der Waals surface area contributed by atoms with E-state index in [1.807, 2.05) is 6.26 Å². The second-order valence-electron chi connectivity index (χ2n) is 5.82. The molecule has 19 heavy (non-hydrogen) atoms. The molecule has 1 aromatic rings. The molecule has 0 aliphatic carbocycles. The first-order valence-electron chi connectivity index (χ1n) is 7.51. The Morgan fingerprint density at radius 3 is 2.58 bits per heavy atom. The second-order valence-corrected chi connectivity index (χ2v) is 5.82. The Bertz CT molecular complexity index is 471. The lowest BCUT2D eigenvalue weighted by Crippen LogP contribution is -2.18. The highest BCUT2D eigenvalue weighted by Gasteiger charge is 2.17. The molecular weight excluding hydrogens is 232 g/mol. The van der Waals surface area contributed by atoms with E-state index in [4.69, 9.17) is 4.74 Å². The van der Waals surface area contributed by atoms with Crippen LogP contribution in [0, 0.1) is 20.8 Å². The number of rotatable bonds is 4. The molecule has 0 bridgehead atoms. The molecule has 104 valence electrons. The van der Waals surface area contributed by atoms with Crippen molar-refractivity contribution < 1.29 is 4.74 Å². The Balaban J connectivity index is 2.02. The van der Waals surface area contributed by atoms with Gasteiger partial charge in [-0.1, -0.05) is 25.5 Å². The number of ether oxygens (including phenoxy) is 1. The summed E-state index contributed by atoms with van der Waals surface area (Å²) < 4.78 is 5.91. The van der Waals surface area contributed by atoms with Crippen molar-refractivity contribution in [2.45, 2.75) is 65.9 Å². The van der Waals surface area contributed by atoms with Crippen LogP contribution in [0.15, 0.2) is 24.0 Å². The van der Waals surface area contributed by atoms with Gasteiger partial charge in [-0.25, -0.2) is 0 Å². The van der Waals surface area contributed by atoms with Crippen LogP contribution in [0.4, 0.5) is 0 Å². The van der Waals surface area contributed by atoms with Crippen LogP contribution in [0.25, 0.3) is 0 Å². The van der Waals surface area contributed by atoms with E-state index >= 15 is 0 Å². The maximum absolute atomic E-state index is 5.91. The average molecular weight is 258 g/mol. The summed E-state index contributed by atoms with van der Waals surface area (Å²) in [5, 5.41) is 0. The van der Waals surface area contributed by atoms with Crippen molar-refractivity contribution in [3.63, 3.8) is 0 Å². The van der Waals surface area contributed by atoms with Crippen LogP contribution in [0.1, 0.15) is 54.9 Å². The first-order valence-corrected chi connectivity index (χ1v) is 7.51. The number of aryl methyl sites for hydroxylation is 1. The summed E-state index contributed by atoms with van der Waals surface area (Å²) in [6.45, 7) is 8.86. The van der Waals surface area contributed by atoms with Gasteiger partial charge in [-0.05, 0) is 67.9 Å². The Labute approximate surface area is 117 Å². The number of benzene rings is 1. The van der Waals surface area contributed by atoms with E-state index in [1.54, 1.807) is 0 Å². The summed E-state index contributed by atoms with van der Waals surface area (Å²) in [5.41, 5.74) is 7.18. The van der Waals surface area contributed by atoms with Crippen molar-refractivity contribution in [2.24, 2.45) is 0 Å². The van der Waals surface area contributed by atoms with Crippen molar-refractivity contribution >= 4 is 0 Å². The average Bonchev–Trinajstić information content (AvgIpc) is 2.42. The lowest BCUT2D eigenvalue weighted by atomic mass is 9.92.